The maximum absolute atomic E-state index is 13.7. The molecule has 2 aromatic carbocycles. The first-order valence-corrected chi connectivity index (χ1v) is 10.5. The first kappa shape index (κ1) is 19.9. The van der Waals surface area contributed by atoms with E-state index < -0.39 is 39.2 Å². The lowest BCUT2D eigenvalue weighted by Crippen LogP contribution is -2.43. The minimum Gasteiger partial charge on any atom is -0.321 e. The summed E-state index contributed by atoms with van der Waals surface area (Å²) in [5.74, 6) is -3.05. The molecule has 0 bridgehead atoms. The molecule has 0 spiro atoms. The summed E-state index contributed by atoms with van der Waals surface area (Å²) < 4.78 is 55.0. The van der Waals surface area contributed by atoms with Gasteiger partial charge >= 0.3 is 0 Å². The van der Waals surface area contributed by atoms with E-state index in [0.29, 0.717) is 12.8 Å². The summed E-state index contributed by atoms with van der Waals surface area (Å²) in [4.78, 5) is 12.6. The molecule has 1 saturated heterocycles. The Morgan fingerprint density at radius 1 is 1.11 bits per heavy atom. The number of carbonyl (C=O) groups excluding carboxylic acids is 1. The van der Waals surface area contributed by atoms with Crippen molar-refractivity contribution in [2.75, 3.05) is 18.4 Å². The molecule has 9 heteroatoms. The largest absolute Gasteiger partial charge is 0.321 e. The summed E-state index contributed by atoms with van der Waals surface area (Å²) in [5.41, 5.74) is -0.518. The fourth-order valence-electron chi connectivity index (χ4n) is 2.97. The molecule has 2 aromatic rings. The molecule has 1 fully saturated rings. The number of piperidine rings is 1. The third-order valence-electron chi connectivity index (χ3n) is 4.42. The normalized spacial score (nSPS) is 18.3. The SMILES string of the molecule is O=C(Nc1c(F)cccc1F)[C@@H]1CCCN(S(=O)(=O)c2ccc(Br)cc2)C1. The van der Waals surface area contributed by atoms with Crippen LogP contribution in [0.25, 0.3) is 0 Å². The lowest BCUT2D eigenvalue weighted by atomic mass is 9.98. The number of carbonyl (C=O) groups is 1. The zero-order chi connectivity index (χ0) is 19.6. The summed E-state index contributed by atoms with van der Waals surface area (Å²) in [6.07, 6.45) is 0.919. The topological polar surface area (TPSA) is 66.5 Å². The van der Waals surface area contributed by atoms with Gasteiger partial charge in [0.25, 0.3) is 0 Å². The Morgan fingerprint density at radius 3 is 2.37 bits per heavy atom. The molecule has 144 valence electrons. The quantitative estimate of drug-likeness (QED) is 0.758. The Bertz CT molecular complexity index is 931. The van der Waals surface area contributed by atoms with E-state index in [-0.39, 0.29) is 18.0 Å². The molecule has 1 heterocycles. The zero-order valence-electron chi connectivity index (χ0n) is 14.2. The molecule has 0 saturated carbocycles. The number of anilines is 1. The number of halogens is 3. The van der Waals surface area contributed by atoms with Gasteiger partial charge in [0.1, 0.15) is 17.3 Å². The van der Waals surface area contributed by atoms with Crippen LogP contribution < -0.4 is 5.32 Å². The Kier molecular flexibility index (Phi) is 5.92. The van der Waals surface area contributed by atoms with Crippen molar-refractivity contribution >= 4 is 37.5 Å². The van der Waals surface area contributed by atoms with Gasteiger partial charge in [0, 0.05) is 17.6 Å². The minimum absolute atomic E-state index is 0.0414. The number of para-hydroxylation sites is 1. The van der Waals surface area contributed by atoms with Gasteiger partial charge in [-0.2, -0.15) is 4.31 Å². The van der Waals surface area contributed by atoms with Gasteiger partial charge < -0.3 is 5.32 Å². The molecule has 0 aromatic heterocycles. The molecular weight excluding hydrogens is 442 g/mol. The fraction of sp³-hybridized carbons (Fsp3) is 0.278. The van der Waals surface area contributed by atoms with Gasteiger partial charge in [0.05, 0.1) is 10.8 Å². The van der Waals surface area contributed by atoms with E-state index in [1.807, 2.05) is 0 Å². The van der Waals surface area contributed by atoms with Crippen LogP contribution in [-0.2, 0) is 14.8 Å². The van der Waals surface area contributed by atoms with Crippen LogP contribution in [-0.4, -0.2) is 31.7 Å². The van der Waals surface area contributed by atoms with E-state index in [1.54, 1.807) is 12.1 Å². The van der Waals surface area contributed by atoms with Crippen LogP contribution in [0.2, 0.25) is 0 Å². The number of hydrogen-bond acceptors (Lipinski definition) is 3. The average Bonchev–Trinajstić information content (AvgIpc) is 2.65. The van der Waals surface area contributed by atoms with Crippen LogP contribution in [0.4, 0.5) is 14.5 Å². The molecule has 5 nitrogen and oxygen atoms in total. The van der Waals surface area contributed by atoms with E-state index in [4.69, 9.17) is 0 Å². The third kappa shape index (κ3) is 4.36. The standard InChI is InChI=1S/C18H17BrF2N2O3S/c19-13-6-8-14(9-7-13)27(25,26)23-10-2-3-12(11-23)18(24)22-17-15(20)4-1-5-16(17)21/h1,4-9,12H,2-3,10-11H2,(H,22,24)/t12-/m1/s1. The fourth-order valence-corrected chi connectivity index (χ4v) is 4.76. The van der Waals surface area contributed by atoms with Crippen molar-refractivity contribution in [1.29, 1.82) is 0 Å². The highest BCUT2D eigenvalue weighted by Crippen LogP contribution is 2.26. The number of hydrogen-bond donors (Lipinski definition) is 1. The van der Waals surface area contributed by atoms with Crippen molar-refractivity contribution in [2.45, 2.75) is 17.7 Å². The monoisotopic (exact) mass is 458 g/mol. The molecule has 27 heavy (non-hydrogen) atoms. The number of sulfonamides is 1. The van der Waals surface area contributed by atoms with Crippen LogP contribution in [0.1, 0.15) is 12.8 Å². The van der Waals surface area contributed by atoms with Crippen molar-refractivity contribution < 1.29 is 22.0 Å². The van der Waals surface area contributed by atoms with E-state index in [0.717, 1.165) is 16.6 Å². The third-order valence-corrected chi connectivity index (χ3v) is 6.83. The van der Waals surface area contributed by atoms with Crippen molar-refractivity contribution in [3.05, 3.63) is 58.6 Å². The van der Waals surface area contributed by atoms with Gasteiger partial charge in [-0.3, -0.25) is 4.79 Å². The minimum atomic E-state index is -3.75. The number of nitrogens with one attached hydrogen (secondary N) is 1. The van der Waals surface area contributed by atoms with Crippen molar-refractivity contribution in [2.24, 2.45) is 5.92 Å². The van der Waals surface area contributed by atoms with Crippen LogP contribution in [0.15, 0.2) is 51.8 Å². The highest BCUT2D eigenvalue weighted by Gasteiger charge is 2.33. The average molecular weight is 459 g/mol. The number of nitrogens with zero attached hydrogens (tertiary/aromatic N) is 1. The van der Waals surface area contributed by atoms with Crippen molar-refractivity contribution in [3.8, 4) is 0 Å². The molecule has 1 aliphatic rings. The molecular formula is C18H17BrF2N2O3S. The molecule has 1 atom stereocenters. The molecule has 1 aliphatic heterocycles. The summed E-state index contributed by atoms with van der Waals surface area (Å²) >= 11 is 3.26. The molecule has 3 rings (SSSR count). The molecule has 1 amide bonds. The van der Waals surface area contributed by atoms with E-state index >= 15 is 0 Å². The van der Waals surface area contributed by atoms with Crippen LogP contribution >= 0.6 is 15.9 Å². The maximum atomic E-state index is 13.7. The number of rotatable bonds is 4. The van der Waals surface area contributed by atoms with Gasteiger partial charge in [-0.1, -0.05) is 22.0 Å². The molecule has 0 radical (unpaired) electrons. The van der Waals surface area contributed by atoms with Gasteiger partial charge in [-0.15, -0.1) is 0 Å². The molecule has 0 unspecified atom stereocenters. The number of amides is 1. The lowest BCUT2D eigenvalue weighted by molar-refractivity contribution is -0.120. The Labute approximate surface area is 164 Å². The van der Waals surface area contributed by atoms with Crippen LogP contribution in [0.3, 0.4) is 0 Å². The van der Waals surface area contributed by atoms with Gasteiger partial charge in [-0.25, -0.2) is 17.2 Å². The second-order valence-corrected chi connectivity index (χ2v) is 9.10. The Hall–Kier alpha value is -1.84. The maximum Gasteiger partial charge on any atom is 0.243 e. The predicted octanol–water partition coefficient (Wildman–Crippen LogP) is 3.77. The predicted molar refractivity (Wildman–Crippen MR) is 101 cm³/mol. The lowest BCUT2D eigenvalue weighted by Gasteiger charge is -2.31. The zero-order valence-corrected chi connectivity index (χ0v) is 16.6. The smallest absolute Gasteiger partial charge is 0.243 e. The van der Waals surface area contributed by atoms with Gasteiger partial charge in [0.2, 0.25) is 15.9 Å². The van der Waals surface area contributed by atoms with Crippen LogP contribution in [0, 0.1) is 17.6 Å². The van der Waals surface area contributed by atoms with Crippen molar-refractivity contribution in [1.82, 2.24) is 4.31 Å². The van der Waals surface area contributed by atoms with Gasteiger partial charge in [0.15, 0.2) is 0 Å². The first-order chi connectivity index (χ1) is 12.8. The second kappa shape index (κ2) is 8.04. The van der Waals surface area contributed by atoms with E-state index in [1.165, 1.54) is 22.5 Å². The Balaban J connectivity index is 1.75. The van der Waals surface area contributed by atoms with Crippen molar-refractivity contribution in [3.63, 3.8) is 0 Å². The van der Waals surface area contributed by atoms with Crippen LogP contribution in [0.5, 0.6) is 0 Å². The highest BCUT2D eigenvalue weighted by atomic mass is 79.9. The second-order valence-electron chi connectivity index (χ2n) is 6.24. The molecule has 1 N–H and O–H groups in total. The summed E-state index contributed by atoms with van der Waals surface area (Å²) in [7, 11) is -3.75. The Morgan fingerprint density at radius 2 is 1.74 bits per heavy atom. The van der Waals surface area contributed by atoms with Gasteiger partial charge in [-0.05, 0) is 49.2 Å². The summed E-state index contributed by atoms with van der Waals surface area (Å²) in [6, 6.07) is 9.51. The summed E-state index contributed by atoms with van der Waals surface area (Å²) in [5, 5.41) is 2.25. The van der Waals surface area contributed by atoms with E-state index in [2.05, 4.69) is 21.2 Å². The molecule has 0 aliphatic carbocycles. The number of benzene rings is 2. The highest BCUT2D eigenvalue weighted by molar-refractivity contribution is 9.10. The van der Waals surface area contributed by atoms with E-state index in [9.17, 15) is 22.0 Å². The summed E-state index contributed by atoms with van der Waals surface area (Å²) in [6.45, 7) is 0.247. The first-order valence-electron chi connectivity index (χ1n) is 8.29.